The number of carbonyl (C=O) groups excluding carboxylic acids is 2. The second-order valence-electron chi connectivity index (χ2n) is 17.1. The predicted octanol–water partition coefficient (Wildman–Crippen LogP) is 2.41. The van der Waals surface area contributed by atoms with Crippen LogP contribution in [0.5, 0.6) is 0 Å². The Bertz CT molecular complexity index is 1340. The van der Waals surface area contributed by atoms with Gasteiger partial charge in [0.1, 0.15) is 23.9 Å². The van der Waals surface area contributed by atoms with E-state index in [2.05, 4.69) is 10.3 Å². The summed E-state index contributed by atoms with van der Waals surface area (Å²) in [6.45, 7) is 17.7. The van der Waals surface area contributed by atoms with Gasteiger partial charge in [0, 0.05) is 46.6 Å². The normalized spacial score (nSPS) is 49.3. The highest BCUT2D eigenvalue weighted by Crippen LogP contribution is 2.46. The van der Waals surface area contributed by atoms with Gasteiger partial charge < -0.3 is 58.7 Å². The molecule has 4 N–H and O–H groups in total. The molecule has 0 radical (unpaired) electrons. The van der Waals surface area contributed by atoms with Crippen LogP contribution >= 0.6 is 0 Å². The number of likely N-dealkylation sites (N-methyl/N-ethyl adjacent to an activating group) is 1. The van der Waals surface area contributed by atoms with Crippen LogP contribution in [0.2, 0.25) is 0 Å². The SMILES string of the molecule is CC[C@H]1OC(=O)[C@H](C)[C@@H](C2C[C@@](C)(OC)[C@@H](O)[C@H](C)O2)[C@H](C)[C@@H](O[C@@H]2O[C@H](C)C[C@H]3[C@H]2OC(=NC)N3C)[C@](C)(OC)C[C@@H](C)C(=O)N[C@H](C)[C@@H](O)[C@]1(C)O. The fourth-order valence-electron chi connectivity index (χ4n) is 9.51. The van der Waals surface area contributed by atoms with Gasteiger partial charge in [0.25, 0.3) is 6.02 Å². The molecule has 312 valence electrons. The van der Waals surface area contributed by atoms with Crippen LogP contribution in [0.3, 0.4) is 0 Å². The number of ether oxygens (including phenoxy) is 7. The van der Waals surface area contributed by atoms with Crippen molar-refractivity contribution in [2.24, 2.45) is 28.7 Å². The highest BCUT2D eigenvalue weighted by molar-refractivity contribution is 5.79. The topological polar surface area (TPSA) is 187 Å². The summed E-state index contributed by atoms with van der Waals surface area (Å²) in [5.74, 6) is -3.71. The van der Waals surface area contributed by atoms with E-state index in [-0.39, 0.29) is 37.3 Å². The third-order valence-electron chi connectivity index (χ3n) is 13.0. The van der Waals surface area contributed by atoms with Crippen LogP contribution in [0.25, 0.3) is 0 Å². The molecule has 4 rings (SSSR count). The van der Waals surface area contributed by atoms with Gasteiger partial charge >= 0.3 is 5.97 Å². The lowest BCUT2D eigenvalue weighted by molar-refractivity contribution is -0.295. The summed E-state index contributed by atoms with van der Waals surface area (Å²) in [5, 5.41) is 37.2. The van der Waals surface area contributed by atoms with Gasteiger partial charge in [-0.05, 0) is 66.7 Å². The van der Waals surface area contributed by atoms with Crippen LogP contribution in [0, 0.1) is 23.7 Å². The zero-order valence-electron chi connectivity index (χ0n) is 34.9. The third-order valence-corrected chi connectivity index (χ3v) is 13.0. The molecular formula is C39H69N3O12. The molecule has 18 atom stereocenters. The average Bonchev–Trinajstić information content (AvgIpc) is 3.45. The van der Waals surface area contributed by atoms with E-state index in [1.165, 1.54) is 6.92 Å². The van der Waals surface area contributed by atoms with Crippen LogP contribution in [0.4, 0.5) is 0 Å². The Kier molecular flexibility index (Phi) is 14.2. The van der Waals surface area contributed by atoms with Gasteiger partial charge in [-0.2, -0.15) is 0 Å². The van der Waals surface area contributed by atoms with E-state index >= 15 is 0 Å². The van der Waals surface area contributed by atoms with Gasteiger partial charge in [-0.1, -0.05) is 27.7 Å². The zero-order chi connectivity index (χ0) is 40.7. The third kappa shape index (κ3) is 8.58. The number of aliphatic hydroxyl groups excluding tert-OH is 2. The second-order valence-corrected chi connectivity index (χ2v) is 17.1. The number of rotatable bonds is 6. The van der Waals surface area contributed by atoms with Crippen molar-refractivity contribution in [3.63, 3.8) is 0 Å². The Morgan fingerprint density at radius 2 is 1.57 bits per heavy atom. The number of hydrogen-bond acceptors (Lipinski definition) is 13. The Morgan fingerprint density at radius 1 is 0.944 bits per heavy atom. The number of esters is 1. The first-order chi connectivity index (χ1) is 25.1. The van der Waals surface area contributed by atoms with Gasteiger partial charge in [0.15, 0.2) is 12.4 Å². The molecule has 1 amide bonds. The summed E-state index contributed by atoms with van der Waals surface area (Å²) in [4.78, 5) is 34.6. The first kappa shape index (κ1) is 44.6. The average molecular weight is 772 g/mol. The second kappa shape index (κ2) is 17.2. The van der Waals surface area contributed by atoms with E-state index in [1.807, 2.05) is 39.6 Å². The van der Waals surface area contributed by atoms with Crippen LogP contribution in [0.15, 0.2) is 4.99 Å². The van der Waals surface area contributed by atoms with Gasteiger partial charge in [0.05, 0.1) is 53.6 Å². The number of amides is 1. The van der Waals surface area contributed by atoms with Crippen LogP contribution in [-0.2, 0) is 42.7 Å². The van der Waals surface area contributed by atoms with Crippen LogP contribution in [-0.4, -0.2) is 150 Å². The van der Waals surface area contributed by atoms with Crippen molar-refractivity contribution in [2.45, 2.75) is 179 Å². The highest BCUT2D eigenvalue weighted by atomic mass is 16.7. The molecule has 0 saturated carbocycles. The first-order valence-electron chi connectivity index (χ1n) is 19.6. The molecule has 0 aliphatic carbocycles. The summed E-state index contributed by atoms with van der Waals surface area (Å²) < 4.78 is 44.9. The number of hydrogen-bond donors (Lipinski definition) is 4. The Morgan fingerprint density at radius 3 is 2.15 bits per heavy atom. The molecule has 4 fully saturated rings. The molecule has 4 aliphatic heterocycles. The molecule has 4 aliphatic rings. The lowest BCUT2D eigenvalue weighted by Crippen LogP contribution is -2.61. The van der Waals surface area contributed by atoms with E-state index < -0.39 is 102 Å². The lowest BCUT2D eigenvalue weighted by Gasteiger charge is -2.51. The molecule has 4 heterocycles. The van der Waals surface area contributed by atoms with E-state index in [1.54, 1.807) is 55.9 Å². The van der Waals surface area contributed by atoms with Gasteiger partial charge in [-0.25, -0.2) is 4.99 Å². The van der Waals surface area contributed by atoms with Crippen molar-refractivity contribution < 1.29 is 58.1 Å². The van der Waals surface area contributed by atoms with Crippen molar-refractivity contribution in [1.29, 1.82) is 0 Å². The van der Waals surface area contributed by atoms with E-state index in [4.69, 9.17) is 33.2 Å². The van der Waals surface area contributed by atoms with E-state index in [0.29, 0.717) is 12.4 Å². The molecule has 0 aromatic carbocycles. The molecule has 0 spiro atoms. The van der Waals surface area contributed by atoms with Crippen molar-refractivity contribution in [1.82, 2.24) is 10.2 Å². The molecule has 0 aromatic rings. The van der Waals surface area contributed by atoms with Gasteiger partial charge in [-0.15, -0.1) is 0 Å². The van der Waals surface area contributed by atoms with Gasteiger partial charge in [-0.3, -0.25) is 9.59 Å². The number of fused-ring (bicyclic) bond motifs is 1. The maximum absolute atomic E-state index is 14.4. The Labute approximate surface area is 321 Å². The summed E-state index contributed by atoms with van der Waals surface area (Å²) in [5.41, 5.74) is -4.10. The number of carbonyl (C=O) groups is 2. The number of nitrogens with one attached hydrogen (secondary N) is 1. The first-order valence-corrected chi connectivity index (χ1v) is 19.6. The minimum atomic E-state index is -1.91. The number of cyclic esters (lactones) is 1. The molecule has 0 bridgehead atoms. The molecule has 54 heavy (non-hydrogen) atoms. The Balaban J connectivity index is 1.91. The fourth-order valence-corrected chi connectivity index (χ4v) is 9.51. The van der Waals surface area contributed by atoms with Crippen molar-refractivity contribution in [3.8, 4) is 0 Å². The molecular weight excluding hydrogens is 702 g/mol. The lowest BCUT2D eigenvalue weighted by atomic mass is 9.68. The predicted molar refractivity (Wildman–Crippen MR) is 199 cm³/mol. The number of aliphatic hydroxyl groups is 3. The van der Waals surface area contributed by atoms with E-state index in [9.17, 15) is 24.9 Å². The van der Waals surface area contributed by atoms with Crippen molar-refractivity contribution in [3.05, 3.63) is 0 Å². The monoisotopic (exact) mass is 771 g/mol. The maximum Gasteiger partial charge on any atom is 0.309 e. The maximum atomic E-state index is 14.4. The number of amidine groups is 1. The quantitative estimate of drug-likeness (QED) is 0.289. The Hall–Kier alpha value is -2.11. The van der Waals surface area contributed by atoms with Gasteiger partial charge in [0.2, 0.25) is 5.91 Å². The summed E-state index contributed by atoms with van der Waals surface area (Å²) in [6, 6.07) is -0.510. The standard InChI is InChI=1S/C39H69N3O12/c1-15-27-39(10,47)30(43)23(6)41-33(45)19(2)17-38(9,49-14)32(54-35-29-25(16-20(3)50-35)42(12)36(40-11)53-29)21(4)28(22(5)34(46)52-27)26-18-37(8,48-13)31(44)24(7)51-26/h19-32,35,43-44,47H,15-18H2,1-14H3,(H,41,45)/t19-,20-,21+,22-,23-,24+,25+,26?,27-,28+,29-,30-,31+,32-,35+,37-,38-,39-/m1/s1. The summed E-state index contributed by atoms with van der Waals surface area (Å²) in [6.07, 6.45) is -6.05. The number of nitrogens with zero attached hydrogens (tertiary/aromatic N) is 2. The summed E-state index contributed by atoms with van der Waals surface area (Å²) in [7, 11) is 6.71. The van der Waals surface area contributed by atoms with E-state index in [0.717, 1.165) is 0 Å². The fraction of sp³-hybridized carbons (Fsp3) is 0.923. The minimum Gasteiger partial charge on any atom is -0.459 e. The molecule has 0 aromatic heterocycles. The van der Waals surface area contributed by atoms with Crippen molar-refractivity contribution in [2.75, 3.05) is 28.3 Å². The van der Waals surface area contributed by atoms with Crippen LogP contribution < -0.4 is 5.32 Å². The molecule has 1 unspecified atom stereocenters. The van der Waals surface area contributed by atoms with Crippen LogP contribution in [0.1, 0.15) is 94.9 Å². The summed E-state index contributed by atoms with van der Waals surface area (Å²) >= 11 is 0. The number of aliphatic imine (C=N–C) groups is 1. The molecule has 15 heteroatoms. The van der Waals surface area contributed by atoms with Crippen molar-refractivity contribution >= 4 is 17.9 Å². The molecule has 15 nitrogen and oxygen atoms in total. The smallest absolute Gasteiger partial charge is 0.309 e. The zero-order valence-corrected chi connectivity index (χ0v) is 34.9. The molecule has 4 saturated heterocycles. The minimum absolute atomic E-state index is 0.0867. The highest BCUT2D eigenvalue weighted by Gasteiger charge is 2.57. The number of methoxy groups -OCH3 is 2. The largest absolute Gasteiger partial charge is 0.459 e.